The molecule has 3 heterocycles. The Kier molecular flexibility index (Phi) is 6.09. The first kappa shape index (κ1) is 19.8. The van der Waals surface area contributed by atoms with Crippen LogP contribution in [0.25, 0.3) is 0 Å². The number of aryl methyl sites for hydroxylation is 1. The molecule has 2 aliphatic heterocycles. The Morgan fingerprint density at radius 1 is 1.28 bits per heavy atom. The number of hydrogen-bond acceptors (Lipinski definition) is 5. The van der Waals surface area contributed by atoms with E-state index in [1.165, 1.54) is 12.0 Å². The van der Waals surface area contributed by atoms with Crippen molar-refractivity contribution in [2.45, 2.75) is 52.1 Å². The van der Waals surface area contributed by atoms with Gasteiger partial charge < -0.3 is 9.64 Å². The van der Waals surface area contributed by atoms with E-state index in [0.29, 0.717) is 12.6 Å². The van der Waals surface area contributed by atoms with Gasteiger partial charge in [-0.15, -0.1) is 0 Å². The van der Waals surface area contributed by atoms with Crippen LogP contribution < -0.4 is 4.74 Å². The van der Waals surface area contributed by atoms with Crippen LogP contribution in [0.3, 0.4) is 0 Å². The monoisotopic (exact) mass is 394 g/mol. The third-order valence-corrected chi connectivity index (χ3v) is 6.00. The van der Waals surface area contributed by atoms with Gasteiger partial charge in [0.15, 0.2) is 0 Å². The first-order chi connectivity index (χ1) is 14.1. The molecule has 1 aromatic heterocycles. The Labute approximate surface area is 172 Å². The molecule has 2 aromatic rings. The molecule has 4 rings (SSSR count). The number of carbonyl (C=O) groups is 1. The number of fused-ring (bicyclic) bond motifs is 1. The van der Waals surface area contributed by atoms with Crippen LogP contribution in [-0.2, 0) is 17.8 Å². The molecular formula is C23H30N4O2. The number of likely N-dealkylation sites (tertiary alicyclic amines) is 1. The first-order valence-corrected chi connectivity index (χ1v) is 10.6. The normalized spacial score (nSPS) is 19.2. The maximum Gasteiger partial charge on any atom is 0.219 e. The largest absolute Gasteiger partial charge is 0.493 e. The molecule has 0 aliphatic carbocycles. The summed E-state index contributed by atoms with van der Waals surface area (Å²) >= 11 is 0. The highest BCUT2D eigenvalue weighted by Gasteiger charge is 2.29. The van der Waals surface area contributed by atoms with Crippen LogP contribution in [0.15, 0.2) is 30.5 Å². The Balaban J connectivity index is 1.34. The van der Waals surface area contributed by atoms with Gasteiger partial charge in [0.05, 0.1) is 18.3 Å². The minimum Gasteiger partial charge on any atom is -0.493 e. The minimum atomic E-state index is 0.120. The third kappa shape index (κ3) is 4.58. The molecule has 2 aliphatic rings. The molecule has 0 spiro atoms. The number of nitrogens with zero attached hydrogens (tertiary/aromatic N) is 4. The van der Waals surface area contributed by atoms with Crippen LogP contribution in [-0.4, -0.2) is 51.9 Å². The lowest BCUT2D eigenvalue weighted by molar-refractivity contribution is -0.129. The molecule has 1 saturated heterocycles. The fraction of sp³-hybridized carbons (Fsp3) is 0.522. The predicted octanol–water partition coefficient (Wildman–Crippen LogP) is 3.30. The fourth-order valence-electron chi connectivity index (χ4n) is 4.32. The Morgan fingerprint density at radius 3 is 2.97 bits per heavy atom. The van der Waals surface area contributed by atoms with Crippen molar-refractivity contribution < 1.29 is 9.53 Å². The molecule has 1 atom stereocenters. The molecule has 6 nitrogen and oxygen atoms in total. The lowest BCUT2D eigenvalue weighted by Crippen LogP contribution is -2.35. The van der Waals surface area contributed by atoms with Crippen molar-refractivity contribution in [1.29, 1.82) is 0 Å². The number of benzene rings is 1. The summed E-state index contributed by atoms with van der Waals surface area (Å²) in [5, 5.41) is 0. The number of rotatable bonds is 6. The number of ether oxygens (including phenoxy) is 1. The minimum absolute atomic E-state index is 0.120. The van der Waals surface area contributed by atoms with Crippen molar-refractivity contribution in [3.8, 4) is 5.75 Å². The Morgan fingerprint density at radius 2 is 2.14 bits per heavy atom. The van der Waals surface area contributed by atoms with E-state index in [4.69, 9.17) is 9.72 Å². The van der Waals surface area contributed by atoms with Gasteiger partial charge in [0, 0.05) is 44.7 Å². The average Bonchev–Trinajstić information content (AvgIpc) is 3.20. The van der Waals surface area contributed by atoms with Gasteiger partial charge in [-0.3, -0.25) is 9.69 Å². The van der Waals surface area contributed by atoms with Gasteiger partial charge in [-0.25, -0.2) is 9.97 Å². The van der Waals surface area contributed by atoms with E-state index in [2.05, 4.69) is 22.9 Å². The molecular weight excluding hydrogens is 364 g/mol. The SMILES string of the molecule is CC(=O)N1CCc2nc([C@H]3CCCN3CCCOc3ccccc3C)ncc2C1. The summed E-state index contributed by atoms with van der Waals surface area (Å²) in [5.41, 5.74) is 3.38. The highest BCUT2D eigenvalue weighted by molar-refractivity contribution is 5.73. The molecule has 154 valence electrons. The van der Waals surface area contributed by atoms with Gasteiger partial charge >= 0.3 is 0 Å². The fourth-order valence-corrected chi connectivity index (χ4v) is 4.32. The highest BCUT2D eigenvalue weighted by Crippen LogP contribution is 2.31. The smallest absolute Gasteiger partial charge is 0.219 e. The molecule has 0 N–H and O–H groups in total. The van der Waals surface area contributed by atoms with E-state index in [1.54, 1.807) is 6.92 Å². The van der Waals surface area contributed by atoms with Crippen LogP contribution in [0, 0.1) is 6.92 Å². The molecule has 1 amide bonds. The van der Waals surface area contributed by atoms with Crippen molar-refractivity contribution in [2.24, 2.45) is 0 Å². The zero-order chi connectivity index (χ0) is 20.2. The Bertz CT molecular complexity index is 870. The molecule has 0 unspecified atom stereocenters. The van der Waals surface area contributed by atoms with E-state index in [-0.39, 0.29) is 5.91 Å². The van der Waals surface area contributed by atoms with Gasteiger partial charge in [-0.1, -0.05) is 18.2 Å². The number of hydrogen-bond donors (Lipinski definition) is 0. The Hall–Kier alpha value is -2.47. The lowest BCUT2D eigenvalue weighted by Gasteiger charge is -2.28. The van der Waals surface area contributed by atoms with Gasteiger partial charge in [0.1, 0.15) is 11.6 Å². The molecule has 0 radical (unpaired) electrons. The van der Waals surface area contributed by atoms with Crippen molar-refractivity contribution >= 4 is 5.91 Å². The van der Waals surface area contributed by atoms with E-state index in [9.17, 15) is 4.79 Å². The second kappa shape index (κ2) is 8.91. The summed E-state index contributed by atoms with van der Waals surface area (Å²) in [5.74, 6) is 2.04. The van der Waals surface area contributed by atoms with Crippen LogP contribution in [0.4, 0.5) is 0 Å². The lowest BCUT2D eigenvalue weighted by atomic mass is 10.1. The van der Waals surface area contributed by atoms with E-state index in [0.717, 1.165) is 68.3 Å². The van der Waals surface area contributed by atoms with Crippen molar-refractivity contribution in [3.05, 3.63) is 53.1 Å². The van der Waals surface area contributed by atoms with Crippen LogP contribution in [0.1, 0.15) is 54.9 Å². The molecule has 0 saturated carbocycles. The van der Waals surface area contributed by atoms with E-state index >= 15 is 0 Å². The molecule has 1 fully saturated rings. The molecule has 0 bridgehead atoms. The van der Waals surface area contributed by atoms with Crippen LogP contribution >= 0.6 is 0 Å². The summed E-state index contributed by atoms with van der Waals surface area (Å²) in [6.45, 7) is 7.90. The summed E-state index contributed by atoms with van der Waals surface area (Å²) in [6, 6.07) is 8.45. The summed E-state index contributed by atoms with van der Waals surface area (Å²) in [6.07, 6.45) is 6.04. The van der Waals surface area contributed by atoms with Crippen molar-refractivity contribution in [1.82, 2.24) is 19.8 Å². The summed E-state index contributed by atoms with van der Waals surface area (Å²) in [7, 11) is 0. The second-order valence-corrected chi connectivity index (χ2v) is 8.05. The van der Waals surface area contributed by atoms with Crippen molar-refractivity contribution in [3.63, 3.8) is 0 Å². The van der Waals surface area contributed by atoms with Gasteiger partial charge in [-0.2, -0.15) is 0 Å². The number of para-hydroxylation sites is 1. The maximum atomic E-state index is 11.6. The number of aromatic nitrogens is 2. The van der Waals surface area contributed by atoms with Crippen LogP contribution in [0.5, 0.6) is 5.75 Å². The number of carbonyl (C=O) groups excluding carboxylic acids is 1. The zero-order valence-electron chi connectivity index (χ0n) is 17.4. The maximum absolute atomic E-state index is 11.6. The quantitative estimate of drug-likeness (QED) is 0.704. The second-order valence-electron chi connectivity index (χ2n) is 8.05. The van der Waals surface area contributed by atoms with Crippen LogP contribution in [0.2, 0.25) is 0 Å². The first-order valence-electron chi connectivity index (χ1n) is 10.6. The highest BCUT2D eigenvalue weighted by atomic mass is 16.5. The summed E-state index contributed by atoms with van der Waals surface area (Å²) < 4.78 is 5.95. The number of amides is 1. The van der Waals surface area contributed by atoms with E-state index in [1.807, 2.05) is 29.3 Å². The third-order valence-electron chi connectivity index (χ3n) is 6.00. The van der Waals surface area contributed by atoms with Gasteiger partial charge in [0.2, 0.25) is 5.91 Å². The van der Waals surface area contributed by atoms with Gasteiger partial charge in [0.25, 0.3) is 0 Å². The van der Waals surface area contributed by atoms with Gasteiger partial charge in [-0.05, 0) is 44.4 Å². The molecule has 29 heavy (non-hydrogen) atoms. The topological polar surface area (TPSA) is 58.6 Å². The zero-order valence-corrected chi connectivity index (χ0v) is 17.4. The van der Waals surface area contributed by atoms with E-state index < -0.39 is 0 Å². The predicted molar refractivity (Wildman–Crippen MR) is 112 cm³/mol. The van der Waals surface area contributed by atoms with Crippen molar-refractivity contribution in [2.75, 3.05) is 26.2 Å². The average molecular weight is 395 g/mol. The summed E-state index contributed by atoms with van der Waals surface area (Å²) in [4.78, 5) is 25.6. The standard InChI is InChI=1S/C23H30N4O2/c1-17-7-3-4-9-22(17)29-14-6-12-26-11-5-8-21(26)23-24-15-19-16-27(18(2)28)13-10-20(19)25-23/h3-4,7,9,15,21H,5-6,8,10-14,16H2,1-2H3/t21-/m1/s1. The molecule has 6 heteroatoms. The molecule has 1 aromatic carbocycles.